The smallest absolute Gasteiger partial charge is 0.198 e. The highest BCUT2D eigenvalue weighted by Gasteiger charge is 2.22. The van der Waals surface area contributed by atoms with Crippen LogP contribution in [0, 0.1) is 13.8 Å². The molecule has 0 aliphatic rings. The van der Waals surface area contributed by atoms with Crippen LogP contribution in [0.3, 0.4) is 0 Å². The monoisotopic (exact) mass is 367 g/mol. The van der Waals surface area contributed by atoms with Crippen molar-refractivity contribution in [3.63, 3.8) is 0 Å². The first-order chi connectivity index (χ1) is 9.86. The zero-order valence-corrected chi connectivity index (χ0v) is 14.3. The van der Waals surface area contributed by atoms with E-state index < -0.39 is 0 Å². The molecule has 2 aromatic rings. The van der Waals surface area contributed by atoms with Crippen molar-refractivity contribution in [2.45, 2.75) is 13.8 Å². The Kier molecular flexibility index (Phi) is 4.59. The van der Waals surface area contributed by atoms with E-state index in [1.54, 1.807) is 25.3 Å². The number of methoxy groups -OCH3 is 1. The molecule has 0 saturated carbocycles. The number of hydrogen-bond donors (Lipinski definition) is 1. The van der Waals surface area contributed by atoms with Crippen LogP contribution in [0.15, 0.2) is 28.7 Å². The predicted molar refractivity (Wildman–Crippen MR) is 89.5 cm³/mol. The van der Waals surface area contributed by atoms with Gasteiger partial charge in [0.05, 0.1) is 17.7 Å². The molecule has 0 radical (unpaired) electrons. The Labute approximate surface area is 137 Å². The van der Waals surface area contributed by atoms with Gasteiger partial charge in [-0.1, -0.05) is 27.5 Å². The molecular weight excluding hydrogens is 354 g/mol. The van der Waals surface area contributed by atoms with E-state index in [2.05, 4.69) is 15.9 Å². The SMILES string of the molecule is COc1c(C)cc(Br)c(C)c1C(=O)c1ccc(N)cc1Cl. The maximum Gasteiger partial charge on any atom is 0.198 e. The minimum Gasteiger partial charge on any atom is -0.496 e. The van der Waals surface area contributed by atoms with Gasteiger partial charge in [-0.15, -0.1) is 0 Å². The van der Waals surface area contributed by atoms with Gasteiger partial charge >= 0.3 is 0 Å². The van der Waals surface area contributed by atoms with Crippen molar-refractivity contribution in [1.29, 1.82) is 0 Å². The second-order valence-electron chi connectivity index (χ2n) is 4.78. The molecule has 21 heavy (non-hydrogen) atoms. The van der Waals surface area contributed by atoms with Gasteiger partial charge < -0.3 is 10.5 Å². The van der Waals surface area contributed by atoms with Gasteiger partial charge in [0, 0.05) is 15.7 Å². The normalized spacial score (nSPS) is 10.5. The third kappa shape index (κ3) is 2.92. The second kappa shape index (κ2) is 6.08. The Balaban J connectivity index is 2.68. The van der Waals surface area contributed by atoms with Gasteiger partial charge in [0.1, 0.15) is 5.75 Å². The minimum atomic E-state index is -0.182. The molecule has 0 fully saturated rings. The summed E-state index contributed by atoms with van der Waals surface area (Å²) >= 11 is 9.62. The molecule has 0 atom stereocenters. The molecule has 0 aromatic heterocycles. The van der Waals surface area contributed by atoms with Crippen molar-refractivity contribution in [3.8, 4) is 5.75 Å². The maximum absolute atomic E-state index is 12.9. The number of carbonyl (C=O) groups excluding carboxylic acids is 1. The van der Waals surface area contributed by atoms with E-state index in [1.165, 1.54) is 0 Å². The molecule has 2 N–H and O–H groups in total. The average Bonchev–Trinajstić information content (AvgIpc) is 2.41. The van der Waals surface area contributed by atoms with E-state index in [9.17, 15) is 4.79 Å². The fourth-order valence-corrected chi connectivity index (χ4v) is 3.05. The lowest BCUT2D eigenvalue weighted by Gasteiger charge is -2.15. The summed E-state index contributed by atoms with van der Waals surface area (Å²) in [5.74, 6) is 0.382. The molecule has 2 aromatic carbocycles. The Bertz CT molecular complexity index is 729. The van der Waals surface area contributed by atoms with E-state index in [1.807, 2.05) is 19.9 Å². The summed E-state index contributed by atoms with van der Waals surface area (Å²) in [5.41, 5.74) is 8.80. The van der Waals surface area contributed by atoms with Crippen molar-refractivity contribution in [2.75, 3.05) is 12.8 Å². The standard InChI is InChI=1S/C16H15BrClNO2/c1-8-6-12(17)9(2)14(16(8)21-3)15(20)11-5-4-10(19)7-13(11)18/h4-7H,19H2,1-3H3. The molecule has 0 saturated heterocycles. The minimum absolute atomic E-state index is 0.182. The van der Waals surface area contributed by atoms with Gasteiger partial charge in [0.2, 0.25) is 0 Å². The average molecular weight is 369 g/mol. The van der Waals surface area contributed by atoms with E-state index >= 15 is 0 Å². The largest absolute Gasteiger partial charge is 0.496 e. The Morgan fingerprint density at radius 3 is 2.52 bits per heavy atom. The van der Waals surface area contributed by atoms with E-state index in [0.29, 0.717) is 27.6 Å². The fraction of sp³-hybridized carbons (Fsp3) is 0.188. The number of anilines is 1. The molecule has 0 aliphatic carbocycles. The molecule has 0 bridgehead atoms. The van der Waals surface area contributed by atoms with Crippen molar-refractivity contribution in [1.82, 2.24) is 0 Å². The lowest BCUT2D eigenvalue weighted by atomic mass is 9.95. The Morgan fingerprint density at radius 1 is 1.29 bits per heavy atom. The summed E-state index contributed by atoms with van der Waals surface area (Å²) in [6.07, 6.45) is 0. The van der Waals surface area contributed by atoms with Crippen LogP contribution in [0.5, 0.6) is 5.75 Å². The number of aryl methyl sites for hydroxylation is 1. The number of hydrogen-bond acceptors (Lipinski definition) is 3. The third-order valence-electron chi connectivity index (χ3n) is 3.33. The van der Waals surface area contributed by atoms with E-state index in [0.717, 1.165) is 15.6 Å². The van der Waals surface area contributed by atoms with Crippen molar-refractivity contribution in [3.05, 3.63) is 56.0 Å². The number of carbonyl (C=O) groups is 1. The first-order valence-electron chi connectivity index (χ1n) is 6.30. The summed E-state index contributed by atoms with van der Waals surface area (Å²) in [7, 11) is 1.55. The number of benzene rings is 2. The summed E-state index contributed by atoms with van der Waals surface area (Å²) in [6.45, 7) is 3.76. The van der Waals surface area contributed by atoms with Crippen LogP contribution >= 0.6 is 27.5 Å². The molecule has 3 nitrogen and oxygen atoms in total. The van der Waals surface area contributed by atoms with Crippen LogP contribution in [-0.4, -0.2) is 12.9 Å². The van der Waals surface area contributed by atoms with Crippen molar-refractivity contribution >= 4 is 39.0 Å². The van der Waals surface area contributed by atoms with Crippen molar-refractivity contribution < 1.29 is 9.53 Å². The lowest BCUT2D eigenvalue weighted by Crippen LogP contribution is -2.09. The molecule has 2 rings (SSSR count). The first kappa shape index (κ1) is 15.9. The van der Waals surface area contributed by atoms with E-state index in [-0.39, 0.29) is 5.78 Å². The molecule has 0 unspecified atom stereocenters. The van der Waals surface area contributed by atoms with Gasteiger partial charge in [-0.3, -0.25) is 4.79 Å². The van der Waals surface area contributed by atoms with Crippen LogP contribution in [-0.2, 0) is 0 Å². The van der Waals surface area contributed by atoms with Crippen LogP contribution in [0.4, 0.5) is 5.69 Å². The van der Waals surface area contributed by atoms with Crippen LogP contribution in [0.1, 0.15) is 27.0 Å². The first-order valence-corrected chi connectivity index (χ1v) is 7.47. The zero-order valence-electron chi connectivity index (χ0n) is 12.0. The topological polar surface area (TPSA) is 52.3 Å². The van der Waals surface area contributed by atoms with Crippen molar-refractivity contribution in [2.24, 2.45) is 0 Å². The highest BCUT2D eigenvalue weighted by molar-refractivity contribution is 9.10. The van der Waals surface area contributed by atoms with Gasteiger partial charge in [0.25, 0.3) is 0 Å². The highest BCUT2D eigenvalue weighted by atomic mass is 79.9. The third-order valence-corrected chi connectivity index (χ3v) is 4.47. The number of ether oxygens (including phenoxy) is 1. The number of rotatable bonds is 3. The maximum atomic E-state index is 12.9. The molecule has 110 valence electrons. The van der Waals surface area contributed by atoms with E-state index in [4.69, 9.17) is 22.1 Å². The molecule has 5 heteroatoms. The summed E-state index contributed by atoms with van der Waals surface area (Å²) in [6, 6.07) is 6.79. The van der Waals surface area contributed by atoms with Crippen LogP contribution < -0.4 is 10.5 Å². The summed E-state index contributed by atoms with van der Waals surface area (Å²) in [4.78, 5) is 12.9. The van der Waals surface area contributed by atoms with Gasteiger partial charge in [0.15, 0.2) is 5.78 Å². The molecular formula is C16H15BrClNO2. The van der Waals surface area contributed by atoms with Gasteiger partial charge in [-0.2, -0.15) is 0 Å². The molecule has 0 spiro atoms. The fourth-order valence-electron chi connectivity index (χ4n) is 2.24. The summed E-state index contributed by atoms with van der Waals surface area (Å²) in [5, 5.41) is 0.332. The quantitative estimate of drug-likeness (QED) is 0.639. The second-order valence-corrected chi connectivity index (χ2v) is 6.04. The number of ketones is 1. The Hall–Kier alpha value is -1.52. The van der Waals surface area contributed by atoms with Gasteiger partial charge in [-0.25, -0.2) is 0 Å². The molecule has 0 heterocycles. The lowest BCUT2D eigenvalue weighted by molar-refractivity contribution is 0.103. The zero-order chi connectivity index (χ0) is 15.7. The number of nitrogens with two attached hydrogens (primary N) is 1. The predicted octanol–water partition coefficient (Wildman–Crippen LogP) is 4.54. The highest BCUT2D eigenvalue weighted by Crippen LogP contribution is 2.35. The Morgan fingerprint density at radius 2 is 1.95 bits per heavy atom. The van der Waals surface area contributed by atoms with Crippen LogP contribution in [0.2, 0.25) is 5.02 Å². The molecule has 0 amide bonds. The number of halogens is 2. The molecule has 0 aliphatic heterocycles. The van der Waals surface area contributed by atoms with Gasteiger partial charge in [-0.05, 0) is 49.2 Å². The number of nitrogen functional groups attached to an aromatic ring is 1. The van der Waals surface area contributed by atoms with Crippen LogP contribution in [0.25, 0.3) is 0 Å². The summed E-state index contributed by atoms with van der Waals surface area (Å²) < 4.78 is 6.27.